The van der Waals surface area contributed by atoms with Crippen molar-refractivity contribution in [2.24, 2.45) is 11.7 Å². The fourth-order valence-electron chi connectivity index (χ4n) is 3.42. The van der Waals surface area contributed by atoms with E-state index in [1.54, 1.807) is 6.33 Å². The smallest absolute Gasteiger partial charge is 0.227 e. The Bertz CT molecular complexity index is 520. The van der Waals surface area contributed by atoms with Crippen LogP contribution < -0.4 is 5.73 Å². The van der Waals surface area contributed by atoms with Crippen LogP contribution in [0.1, 0.15) is 43.9 Å². The van der Waals surface area contributed by atoms with E-state index in [-0.39, 0.29) is 29.8 Å². The number of hydrogen-bond donors (Lipinski definition) is 1. The third-order valence-corrected chi connectivity index (χ3v) is 4.74. The Morgan fingerprint density at radius 2 is 2.29 bits per heavy atom. The highest BCUT2D eigenvalue weighted by molar-refractivity contribution is 5.85. The van der Waals surface area contributed by atoms with Crippen LogP contribution >= 0.6 is 12.4 Å². The van der Waals surface area contributed by atoms with E-state index in [2.05, 4.69) is 9.97 Å². The fraction of sp³-hybridized carbons (Fsp3) is 0.667. The van der Waals surface area contributed by atoms with Crippen molar-refractivity contribution in [1.82, 2.24) is 14.9 Å². The van der Waals surface area contributed by atoms with Gasteiger partial charge in [-0.25, -0.2) is 9.97 Å². The second-order valence-corrected chi connectivity index (χ2v) is 6.31. The fourth-order valence-corrected chi connectivity index (χ4v) is 3.42. The highest BCUT2D eigenvalue weighted by Gasteiger charge is 2.40. The zero-order valence-electron chi connectivity index (χ0n) is 12.4. The molecule has 1 saturated carbocycles. The van der Waals surface area contributed by atoms with Gasteiger partial charge in [0.25, 0.3) is 0 Å². The Hall–Kier alpha value is -1.20. The monoisotopic (exact) mass is 310 g/mol. The van der Waals surface area contributed by atoms with Gasteiger partial charge in [0, 0.05) is 18.3 Å². The number of halogens is 1. The van der Waals surface area contributed by atoms with E-state index in [0.29, 0.717) is 6.54 Å². The molecule has 2 heterocycles. The van der Waals surface area contributed by atoms with E-state index in [1.165, 1.54) is 0 Å². The van der Waals surface area contributed by atoms with Crippen molar-refractivity contribution in [2.75, 3.05) is 6.54 Å². The number of nitrogens with zero attached hydrogens (tertiary/aromatic N) is 3. The SMILES string of the molecule is CC1(N)CCCCC1C(=O)N1CCc2cncnc2C1.Cl. The van der Waals surface area contributed by atoms with E-state index >= 15 is 0 Å². The van der Waals surface area contributed by atoms with Crippen molar-refractivity contribution >= 4 is 18.3 Å². The summed E-state index contributed by atoms with van der Waals surface area (Å²) in [4.78, 5) is 23.1. The molecule has 1 aromatic heterocycles. The first-order valence-electron chi connectivity index (χ1n) is 7.43. The summed E-state index contributed by atoms with van der Waals surface area (Å²) >= 11 is 0. The van der Waals surface area contributed by atoms with Gasteiger partial charge in [-0.2, -0.15) is 0 Å². The van der Waals surface area contributed by atoms with Gasteiger partial charge in [-0.05, 0) is 31.7 Å². The van der Waals surface area contributed by atoms with Gasteiger partial charge >= 0.3 is 0 Å². The van der Waals surface area contributed by atoms with Crippen LogP contribution in [0.15, 0.2) is 12.5 Å². The molecule has 0 aromatic carbocycles. The Balaban J connectivity index is 0.00000161. The second-order valence-electron chi connectivity index (χ2n) is 6.31. The number of rotatable bonds is 1. The summed E-state index contributed by atoms with van der Waals surface area (Å²) in [6, 6.07) is 0. The Morgan fingerprint density at radius 1 is 1.48 bits per heavy atom. The van der Waals surface area contributed by atoms with Gasteiger partial charge in [0.1, 0.15) is 6.33 Å². The van der Waals surface area contributed by atoms with Crippen molar-refractivity contribution in [3.63, 3.8) is 0 Å². The van der Waals surface area contributed by atoms with Crippen LogP contribution in [0.5, 0.6) is 0 Å². The van der Waals surface area contributed by atoms with Gasteiger partial charge in [0.05, 0.1) is 18.2 Å². The van der Waals surface area contributed by atoms with Gasteiger partial charge in [-0.1, -0.05) is 12.8 Å². The summed E-state index contributed by atoms with van der Waals surface area (Å²) in [6.45, 7) is 3.38. The summed E-state index contributed by atoms with van der Waals surface area (Å²) in [6.07, 6.45) is 8.35. The standard InChI is InChI=1S/C15H22N4O.ClH/c1-15(16)6-3-2-4-12(15)14(20)19-7-5-11-8-17-10-18-13(11)9-19;/h8,10,12H,2-7,9,16H2,1H3;1H. The van der Waals surface area contributed by atoms with Crippen LogP contribution in [-0.2, 0) is 17.8 Å². The number of carbonyl (C=O) groups excluding carboxylic acids is 1. The molecular formula is C15H23ClN4O. The largest absolute Gasteiger partial charge is 0.336 e. The van der Waals surface area contributed by atoms with Crippen LogP contribution in [0.2, 0.25) is 0 Å². The van der Waals surface area contributed by atoms with E-state index in [1.807, 2.05) is 18.0 Å². The molecule has 3 rings (SSSR count). The second kappa shape index (κ2) is 6.28. The molecule has 1 fully saturated rings. The lowest BCUT2D eigenvalue weighted by Crippen LogP contribution is -2.54. The first-order chi connectivity index (χ1) is 9.58. The topological polar surface area (TPSA) is 72.1 Å². The Labute approximate surface area is 131 Å². The van der Waals surface area contributed by atoms with Crippen molar-refractivity contribution in [3.05, 3.63) is 23.8 Å². The predicted molar refractivity (Wildman–Crippen MR) is 83.0 cm³/mol. The van der Waals surface area contributed by atoms with E-state index in [4.69, 9.17) is 5.73 Å². The zero-order valence-corrected chi connectivity index (χ0v) is 13.2. The lowest BCUT2D eigenvalue weighted by atomic mass is 9.74. The van der Waals surface area contributed by atoms with Crippen LogP contribution in [0.25, 0.3) is 0 Å². The minimum atomic E-state index is -0.360. The first-order valence-corrected chi connectivity index (χ1v) is 7.43. The van der Waals surface area contributed by atoms with Gasteiger partial charge in [0.2, 0.25) is 5.91 Å². The quantitative estimate of drug-likeness (QED) is 0.857. The molecule has 0 saturated heterocycles. The molecule has 2 N–H and O–H groups in total. The van der Waals surface area contributed by atoms with Gasteiger partial charge < -0.3 is 10.6 Å². The molecule has 21 heavy (non-hydrogen) atoms. The van der Waals surface area contributed by atoms with Crippen LogP contribution in [0.4, 0.5) is 0 Å². The highest BCUT2D eigenvalue weighted by atomic mass is 35.5. The molecule has 2 aliphatic rings. The van der Waals surface area contributed by atoms with E-state index in [0.717, 1.165) is 49.9 Å². The van der Waals surface area contributed by atoms with Crippen molar-refractivity contribution in [2.45, 2.75) is 51.1 Å². The lowest BCUT2D eigenvalue weighted by molar-refractivity contribution is -0.140. The summed E-state index contributed by atoms with van der Waals surface area (Å²) in [7, 11) is 0. The molecule has 1 aliphatic heterocycles. The molecule has 5 nitrogen and oxygen atoms in total. The van der Waals surface area contributed by atoms with Crippen molar-refractivity contribution in [3.8, 4) is 0 Å². The van der Waals surface area contributed by atoms with E-state index in [9.17, 15) is 4.79 Å². The number of fused-ring (bicyclic) bond motifs is 1. The molecule has 0 spiro atoms. The minimum Gasteiger partial charge on any atom is -0.336 e. The average molecular weight is 311 g/mol. The van der Waals surface area contributed by atoms with Crippen LogP contribution in [0.3, 0.4) is 0 Å². The summed E-state index contributed by atoms with van der Waals surface area (Å²) in [5.74, 6) is 0.165. The van der Waals surface area contributed by atoms with Gasteiger partial charge in [-0.15, -0.1) is 12.4 Å². The van der Waals surface area contributed by atoms with E-state index < -0.39 is 0 Å². The number of nitrogens with two attached hydrogens (primary N) is 1. The van der Waals surface area contributed by atoms with Crippen molar-refractivity contribution in [1.29, 1.82) is 0 Å². The van der Waals surface area contributed by atoms with Crippen LogP contribution in [0, 0.1) is 5.92 Å². The maximum absolute atomic E-state index is 12.8. The molecule has 0 radical (unpaired) electrons. The summed E-state index contributed by atoms with van der Waals surface area (Å²) in [5.41, 5.74) is 8.13. The van der Waals surface area contributed by atoms with Crippen LogP contribution in [-0.4, -0.2) is 32.9 Å². The molecule has 0 bridgehead atoms. The number of carbonyl (C=O) groups is 1. The third kappa shape index (κ3) is 3.19. The zero-order chi connectivity index (χ0) is 14.2. The highest BCUT2D eigenvalue weighted by Crippen LogP contribution is 2.33. The maximum Gasteiger partial charge on any atom is 0.227 e. The lowest BCUT2D eigenvalue weighted by Gasteiger charge is -2.40. The van der Waals surface area contributed by atoms with Gasteiger partial charge in [0.15, 0.2) is 0 Å². The Kier molecular flexibility index (Phi) is 4.84. The molecular weight excluding hydrogens is 288 g/mol. The number of aromatic nitrogens is 2. The number of hydrogen-bond acceptors (Lipinski definition) is 4. The average Bonchev–Trinajstić information content (AvgIpc) is 2.45. The Morgan fingerprint density at radius 3 is 3.05 bits per heavy atom. The molecule has 2 unspecified atom stereocenters. The normalized spacial score (nSPS) is 28.5. The molecule has 6 heteroatoms. The first kappa shape index (κ1) is 16.2. The molecule has 1 aliphatic carbocycles. The predicted octanol–water partition coefficient (Wildman–Crippen LogP) is 1.69. The number of amides is 1. The summed E-state index contributed by atoms with van der Waals surface area (Å²) < 4.78 is 0. The molecule has 116 valence electrons. The maximum atomic E-state index is 12.8. The molecule has 1 amide bonds. The molecule has 2 atom stereocenters. The van der Waals surface area contributed by atoms with Gasteiger partial charge in [-0.3, -0.25) is 4.79 Å². The third-order valence-electron chi connectivity index (χ3n) is 4.74. The van der Waals surface area contributed by atoms with Crippen molar-refractivity contribution < 1.29 is 4.79 Å². The molecule has 1 aromatic rings. The summed E-state index contributed by atoms with van der Waals surface area (Å²) in [5, 5.41) is 0. The minimum absolute atomic E-state index is 0.